The molecule has 0 aliphatic heterocycles. The molecule has 4 rings (SSSR count). The fourth-order valence-electron chi connectivity index (χ4n) is 3.85. The van der Waals surface area contributed by atoms with Gasteiger partial charge in [0.25, 0.3) is 5.91 Å². The normalized spacial score (nSPS) is 11.6. The first-order valence-corrected chi connectivity index (χ1v) is 13.0. The number of rotatable bonds is 10. The van der Waals surface area contributed by atoms with Gasteiger partial charge in [-0.1, -0.05) is 12.1 Å². The molecule has 0 aliphatic carbocycles. The van der Waals surface area contributed by atoms with E-state index in [1.807, 2.05) is 18.0 Å². The molecule has 0 atom stereocenters. The van der Waals surface area contributed by atoms with Crippen molar-refractivity contribution in [3.05, 3.63) is 83.8 Å². The smallest absolute Gasteiger partial charge is 0.252 e. The number of nitrogens with one attached hydrogen (secondary N) is 2. The number of methoxy groups -OCH3 is 1. The van der Waals surface area contributed by atoms with E-state index in [4.69, 9.17) is 4.74 Å². The van der Waals surface area contributed by atoms with Crippen molar-refractivity contribution < 1.29 is 22.3 Å². The number of carbonyl (C=O) groups excluding carboxylic acids is 1. The summed E-state index contributed by atoms with van der Waals surface area (Å²) in [4.78, 5) is 15.5. The number of likely N-dealkylation sites (N-methyl/N-ethyl adjacent to an activating group) is 1. The predicted octanol–water partition coefficient (Wildman–Crippen LogP) is 3.09. The van der Waals surface area contributed by atoms with Crippen molar-refractivity contribution in [1.29, 1.82) is 0 Å². The Kier molecular flexibility index (Phi) is 7.86. The van der Waals surface area contributed by atoms with Crippen LogP contribution in [0.1, 0.15) is 15.9 Å². The van der Waals surface area contributed by atoms with E-state index in [9.17, 15) is 17.6 Å². The Morgan fingerprint density at radius 3 is 2.46 bits per heavy atom. The molecule has 194 valence electrons. The number of carbonyl (C=O) groups is 1. The van der Waals surface area contributed by atoms with Gasteiger partial charge in [-0.25, -0.2) is 22.2 Å². The SMILES string of the molecule is CNS(=O)(=O)c1ccc(CNC(=O)c2cc(N(C)CCOC)cc3c2cnn3-c2ccc(F)cc2)cc1. The van der Waals surface area contributed by atoms with E-state index in [1.165, 1.54) is 31.3 Å². The van der Waals surface area contributed by atoms with Crippen LogP contribution in [0.4, 0.5) is 10.1 Å². The quantitative estimate of drug-likeness (QED) is 0.330. The van der Waals surface area contributed by atoms with Crippen molar-refractivity contribution in [3.63, 3.8) is 0 Å². The zero-order valence-corrected chi connectivity index (χ0v) is 21.5. The molecule has 0 bridgehead atoms. The maximum Gasteiger partial charge on any atom is 0.252 e. The highest BCUT2D eigenvalue weighted by atomic mass is 32.2. The van der Waals surface area contributed by atoms with Gasteiger partial charge in [-0.15, -0.1) is 0 Å². The molecular weight excluding hydrogens is 497 g/mol. The van der Waals surface area contributed by atoms with Gasteiger partial charge in [0, 0.05) is 38.3 Å². The van der Waals surface area contributed by atoms with Crippen molar-refractivity contribution >= 4 is 32.5 Å². The topological polar surface area (TPSA) is 106 Å². The van der Waals surface area contributed by atoms with Crippen molar-refractivity contribution in [2.45, 2.75) is 11.4 Å². The number of sulfonamides is 1. The summed E-state index contributed by atoms with van der Waals surface area (Å²) in [5.74, 6) is -0.658. The van der Waals surface area contributed by atoms with Crippen LogP contribution in [-0.2, 0) is 21.3 Å². The van der Waals surface area contributed by atoms with E-state index in [0.29, 0.717) is 35.3 Å². The molecule has 0 fully saturated rings. The molecule has 0 spiro atoms. The summed E-state index contributed by atoms with van der Waals surface area (Å²) >= 11 is 0. The summed E-state index contributed by atoms with van der Waals surface area (Å²) in [7, 11) is 1.34. The van der Waals surface area contributed by atoms with E-state index in [2.05, 4.69) is 15.1 Å². The summed E-state index contributed by atoms with van der Waals surface area (Å²) < 4.78 is 46.5. The molecule has 1 heterocycles. The molecule has 4 aromatic rings. The van der Waals surface area contributed by atoms with Gasteiger partial charge in [0.1, 0.15) is 5.82 Å². The Bertz CT molecular complexity index is 1500. The predicted molar refractivity (Wildman–Crippen MR) is 140 cm³/mol. The number of amides is 1. The van der Waals surface area contributed by atoms with Crippen LogP contribution < -0.4 is 14.9 Å². The molecule has 1 amide bonds. The Morgan fingerprint density at radius 2 is 1.81 bits per heavy atom. The van der Waals surface area contributed by atoms with Crippen LogP contribution in [-0.4, -0.2) is 58.5 Å². The number of benzene rings is 3. The Hall–Kier alpha value is -3.80. The van der Waals surface area contributed by atoms with Gasteiger partial charge in [0.2, 0.25) is 10.0 Å². The second-order valence-electron chi connectivity index (χ2n) is 8.41. The van der Waals surface area contributed by atoms with Gasteiger partial charge in [0.05, 0.1) is 34.5 Å². The molecule has 2 N–H and O–H groups in total. The molecule has 0 radical (unpaired) electrons. The second kappa shape index (κ2) is 11.1. The minimum absolute atomic E-state index is 0.145. The van der Waals surface area contributed by atoms with Crippen LogP contribution in [0.25, 0.3) is 16.6 Å². The lowest BCUT2D eigenvalue weighted by Gasteiger charge is -2.20. The number of fused-ring (bicyclic) bond motifs is 1. The summed E-state index contributed by atoms with van der Waals surface area (Å²) in [6.07, 6.45) is 1.62. The number of ether oxygens (including phenoxy) is 1. The van der Waals surface area contributed by atoms with Crippen LogP contribution in [0.2, 0.25) is 0 Å². The Morgan fingerprint density at radius 1 is 1.11 bits per heavy atom. The zero-order valence-electron chi connectivity index (χ0n) is 20.7. The Balaban J connectivity index is 1.66. The molecule has 37 heavy (non-hydrogen) atoms. The van der Waals surface area contributed by atoms with E-state index in [-0.39, 0.29) is 23.2 Å². The highest BCUT2D eigenvalue weighted by Crippen LogP contribution is 2.28. The maximum atomic E-state index is 13.5. The highest BCUT2D eigenvalue weighted by molar-refractivity contribution is 7.89. The molecule has 9 nitrogen and oxygen atoms in total. The number of halogens is 1. The van der Waals surface area contributed by atoms with E-state index >= 15 is 0 Å². The molecule has 0 unspecified atom stereocenters. The van der Waals surface area contributed by atoms with E-state index < -0.39 is 10.0 Å². The number of nitrogens with zero attached hydrogens (tertiary/aromatic N) is 3. The van der Waals surface area contributed by atoms with Crippen molar-refractivity contribution in [1.82, 2.24) is 19.8 Å². The Labute approximate surface area is 214 Å². The second-order valence-corrected chi connectivity index (χ2v) is 10.3. The molecule has 0 saturated carbocycles. The average molecular weight is 526 g/mol. The molecule has 0 saturated heterocycles. The van der Waals surface area contributed by atoms with Crippen LogP contribution in [0.15, 0.2) is 71.8 Å². The van der Waals surface area contributed by atoms with Crippen molar-refractivity contribution in [2.24, 2.45) is 0 Å². The average Bonchev–Trinajstić information content (AvgIpc) is 3.34. The number of hydrogen-bond acceptors (Lipinski definition) is 6. The summed E-state index contributed by atoms with van der Waals surface area (Å²) in [6.45, 7) is 1.32. The van der Waals surface area contributed by atoms with Gasteiger partial charge in [-0.05, 0) is 61.1 Å². The van der Waals surface area contributed by atoms with Gasteiger partial charge >= 0.3 is 0 Å². The first-order valence-electron chi connectivity index (χ1n) is 11.5. The molecule has 0 aliphatic rings. The fraction of sp³-hybridized carbons (Fsp3) is 0.231. The van der Waals surface area contributed by atoms with Gasteiger partial charge in [-0.2, -0.15) is 5.10 Å². The maximum absolute atomic E-state index is 13.5. The summed E-state index contributed by atoms with van der Waals surface area (Å²) in [5, 5.41) is 8.02. The van der Waals surface area contributed by atoms with Crippen molar-refractivity contribution in [2.75, 3.05) is 39.3 Å². The standard InChI is InChI=1S/C26H28FN5O4S/c1-28-37(34,35)22-10-4-18(5-11-22)16-29-26(33)23-14-21(31(2)12-13-36-3)15-25-24(23)17-30-32(25)20-8-6-19(27)7-9-20/h4-11,14-15,17,28H,12-13,16H2,1-3H3,(H,29,33). The monoisotopic (exact) mass is 525 g/mol. The molecule has 1 aromatic heterocycles. The van der Waals surface area contributed by atoms with Crippen LogP contribution >= 0.6 is 0 Å². The van der Waals surface area contributed by atoms with Gasteiger partial charge < -0.3 is 15.0 Å². The third-order valence-corrected chi connectivity index (χ3v) is 7.45. The van der Waals surface area contributed by atoms with E-state index in [0.717, 1.165) is 11.3 Å². The lowest BCUT2D eigenvalue weighted by atomic mass is 10.1. The molecule has 11 heteroatoms. The zero-order chi connectivity index (χ0) is 26.6. The number of hydrogen-bond donors (Lipinski definition) is 2. The van der Waals surface area contributed by atoms with Crippen molar-refractivity contribution in [3.8, 4) is 5.69 Å². The minimum atomic E-state index is -3.54. The molecule has 3 aromatic carbocycles. The molecular formula is C26H28FN5O4S. The summed E-state index contributed by atoms with van der Waals surface area (Å²) in [5.41, 5.74) is 3.32. The third-order valence-electron chi connectivity index (χ3n) is 6.02. The van der Waals surface area contributed by atoms with Crippen LogP contribution in [0.5, 0.6) is 0 Å². The lowest BCUT2D eigenvalue weighted by molar-refractivity contribution is 0.0952. The van der Waals surface area contributed by atoms with Crippen LogP contribution in [0.3, 0.4) is 0 Å². The van der Waals surface area contributed by atoms with E-state index in [1.54, 1.807) is 48.3 Å². The van der Waals surface area contributed by atoms with Crippen LogP contribution in [0, 0.1) is 5.82 Å². The highest BCUT2D eigenvalue weighted by Gasteiger charge is 2.18. The first-order chi connectivity index (χ1) is 17.7. The number of anilines is 1. The minimum Gasteiger partial charge on any atom is -0.383 e. The third kappa shape index (κ3) is 5.79. The number of aromatic nitrogens is 2. The lowest BCUT2D eigenvalue weighted by Crippen LogP contribution is -2.25. The van der Waals surface area contributed by atoms with Gasteiger partial charge in [0.15, 0.2) is 0 Å². The summed E-state index contributed by atoms with van der Waals surface area (Å²) in [6, 6.07) is 16.0. The first kappa shape index (κ1) is 26.3. The fourth-order valence-corrected chi connectivity index (χ4v) is 4.58. The largest absolute Gasteiger partial charge is 0.383 e. The van der Waals surface area contributed by atoms with Gasteiger partial charge in [-0.3, -0.25) is 4.79 Å².